The number of rotatable bonds is 3. The van der Waals surface area contributed by atoms with Gasteiger partial charge >= 0.3 is 6.03 Å². The van der Waals surface area contributed by atoms with Gasteiger partial charge in [0.2, 0.25) is 0 Å². The summed E-state index contributed by atoms with van der Waals surface area (Å²) in [5, 5.41) is 3.55. The van der Waals surface area contributed by atoms with Crippen molar-refractivity contribution in [2.24, 2.45) is 5.73 Å². The molecule has 4 heteroatoms. The summed E-state index contributed by atoms with van der Waals surface area (Å²) in [6.07, 6.45) is 1.96. The Hall–Kier alpha value is -1.55. The second-order valence-electron chi connectivity index (χ2n) is 4.97. The highest BCUT2D eigenvalue weighted by atomic mass is 16.2. The minimum Gasteiger partial charge on any atom is -0.351 e. The van der Waals surface area contributed by atoms with Gasteiger partial charge < -0.3 is 16.0 Å². The monoisotopic (exact) mass is 247 g/mol. The molecule has 98 valence electrons. The fourth-order valence-corrected chi connectivity index (χ4v) is 2.39. The van der Waals surface area contributed by atoms with Crippen molar-refractivity contribution < 1.29 is 4.79 Å². The number of carbonyl (C=O) groups is 1. The number of primary amides is 1. The average molecular weight is 247 g/mol. The normalized spacial score (nSPS) is 16.8. The molecule has 1 aromatic carbocycles. The lowest BCUT2D eigenvalue weighted by Gasteiger charge is -2.31. The van der Waals surface area contributed by atoms with E-state index >= 15 is 0 Å². The van der Waals surface area contributed by atoms with Crippen LogP contribution in [-0.4, -0.2) is 30.1 Å². The quantitative estimate of drug-likeness (QED) is 0.853. The van der Waals surface area contributed by atoms with Gasteiger partial charge in [0.1, 0.15) is 0 Å². The molecule has 1 fully saturated rings. The fraction of sp³-hybridized carbons (Fsp3) is 0.500. The van der Waals surface area contributed by atoms with E-state index in [0.29, 0.717) is 6.04 Å². The van der Waals surface area contributed by atoms with Gasteiger partial charge in [-0.2, -0.15) is 0 Å². The number of piperidine rings is 1. The first kappa shape index (κ1) is 12.9. The molecule has 0 atom stereocenters. The third-order valence-electron chi connectivity index (χ3n) is 3.48. The van der Waals surface area contributed by atoms with Crippen molar-refractivity contribution in [3.8, 4) is 0 Å². The van der Waals surface area contributed by atoms with E-state index in [2.05, 4.69) is 36.5 Å². The molecule has 1 aliphatic heterocycles. The van der Waals surface area contributed by atoms with Crippen molar-refractivity contribution in [1.82, 2.24) is 10.2 Å². The fourth-order valence-electron chi connectivity index (χ4n) is 2.39. The lowest BCUT2D eigenvalue weighted by atomic mass is 10.0. The molecule has 0 saturated carbocycles. The number of nitrogens with one attached hydrogen (secondary N) is 1. The average Bonchev–Trinajstić information content (AvgIpc) is 2.37. The number of likely N-dealkylation sites (tertiary alicyclic amines) is 1. The van der Waals surface area contributed by atoms with E-state index in [-0.39, 0.29) is 6.03 Å². The van der Waals surface area contributed by atoms with Gasteiger partial charge in [0.05, 0.1) is 0 Å². The van der Waals surface area contributed by atoms with Gasteiger partial charge in [-0.25, -0.2) is 4.79 Å². The largest absolute Gasteiger partial charge is 0.351 e. The zero-order valence-electron chi connectivity index (χ0n) is 10.9. The Bertz CT molecular complexity index is 411. The Balaban J connectivity index is 1.77. The number of carbonyl (C=O) groups excluding carboxylic acids is 1. The maximum atomic E-state index is 11.0. The molecule has 2 amide bonds. The number of nitrogens with two attached hydrogens (primary N) is 1. The van der Waals surface area contributed by atoms with Crippen LogP contribution in [0.1, 0.15) is 24.0 Å². The van der Waals surface area contributed by atoms with E-state index in [1.807, 2.05) is 0 Å². The van der Waals surface area contributed by atoms with Crippen LogP contribution in [0.25, 0.3) is 0 Å². The molecular weight excluding hydrogens is 226 g/mol. The molecule has 0 unspecified atom stereocenters. The lowest BCUT2D eigenvalue weighted by molar-refractivity contribution is 0.185. The Kier molecular flexibility index (Phi) is 4.20. The lowest BCUT2D eigenvalue weighted by Crippen LogP contribution is -2.46. The maximum Gasteiger partial charge on any atom is 0.314 e. The molecule has 0 bridgehead atoms. The number of benzene rings is 1. The molecule has 18 heavy (non-hydrogen) atoms. The molecule has 0 aliphatic carbocycles. The Morgan fingerprint density at radius 3 is 2.78 bits per heavy atom. The van der Waals surface area contributed by atoms with E-state index in [0.717, 1.165) is 32.5 Å². The van der Waals surface area contributed by atoms with Gasteiger partial charge in [0.15, 0.2) is 0 Å². The van der Waals surface area contributed by atoms with Crippen LogP contribution in [-0.2, 0) is 6.54 Å². The first-order valence-electron chi connectivity index (χ1n) is 6.48. The van der Waals surface area contributed by atoms with Gasteiger partial charge in [0.25, 0.3) is 0 Å². The first-order valence-corrected chi connectivity index (χ1v) is 6.48. The van der Waals surface area contributed by atoms with Crippen LogP contribution in [0, 0.1) is 6.92 Å². The predicted molar refractivity (Wildman–Crippen MR) is 72.2 cm³/mol. The second kappa shape index (κ2) is 5.87. The third-order valence-corrected chi connectivity index (χ3v) is 3.48. The van der Waals surface area contributed by atoms with Crippen molar-refractivity contribution in [2.75, 3.05) is 13.1 Å². The minimum absolute atomic E-state index is 0.299. The van der Waals surface area contributed by atoms with Crippen molar-refractivity contribution >= 4 is 6.03 Å². The van der Waals surface area contributed by atoms with Gasteiger partial charge in [-0.1, -0.05) is 29.8 Å². The molecule has 1 aromatic rings. The smallest absolute Gasteiger partial charge is 0.314 e. The zero-order valence-corrected chi connectivity index (χ0v) is 10.9. The minimum atomic E-state index is -0.299. The molecule has 3 N–H and O–H groups in total. The summed E-state index contributed by atoms with van der Waals surface area (Å²) >= 11 is 0. The molecule has 1 heterocycles. The predicted octanol–water partition coefficient (Wildman–Crippen LogP) is 1.63. The molecular formula is C14H21N3O. The van der Waals surface area contributed by atoms with E-state index in [1.54, 1.807) is 4.90 Å². The van der Waals surface area contributed by atoms with Crippen LogP contribution in [0.3, 0.4) is 0 Å². The number of amides is 2. The highest BCUT2D eigenvalue weighted by Crippen LogP contribution is 2.11. The van der Waals surface area contributed by atoms with Crippen molar-refractivity contribution in [1.29, 1.82) is 0 Å². The molecule has 1 aliphatic rings. The third kappa shape index (κ3) is 3.47. The van der Waals surface area contributed by atoms with Crippen LogP contribution < -0.4 is 11.1 Å². The summed E-state index contributed by atoms with van der Waals surface area (Å²) in [7, 11) is 0. The van der Waals surface area contributed by atoms with Crippen LogP contribution in [0.4, 0.5) is 4.79 Å². The number of urea groups is 1. The summed E-state index contributed by atoms with van der Waals surface area (Å²) in [5.41, 5.74) is 7.86. The van der Waals surface area contributed by atoms with Crippen LogP contribution in [0.5, 0.6) is 0 Å². The van der Waals surface area contributed by atoms with E-state index < -0.39 is 0 Å². The van der Waals surface area contributed by atoms with Gasteiger partial charge in [-0.3, -0.25) is 0 Å². The summed E-state index contributed by atoms with van der Waals surface area (Å²) in [6, 6.07) is 8.72. The Morgan fingerprint density at radius 2 is 2.17 bits per heavy atom. The summed E-state index contributed by atoms with van der Waals surface area (Å²) < 4.78 is 0. The van der Waals surface area contributed by atoms with Crippen LogP contribution in [0.15, 0.2) is 24.3 Å². The molecule has 0 aromatic heterocycles. The van der Waals surface area contributed by atoms with E-state index in [9.17, 15) is 4.79 Å². The summed E-state index contributed by atoms with van der Waals surface area (Å²) in [6.45, 7) is 4.53. The van der Waals surface area contributed by atoms with Crippen molar-refractivity contribution in [2.45, 2.75) is 32.4 Å². The SMILES string of the molecule is Cc1cccc(CNC2CCN(C(N)=O)CC2)c1. The van der Waals surface area contributed by atoms with E-state index in [1.165, 1.54) is 11.1 Å². The van der Waals surface area contributed by atoms with Gasteiger partial charge in [0, 0.05) is 25.7 Å². The zero-order chi connectivity index (χ0) is 13.0. The van der Waals surface area contributed by atoms with Crippen LogP contribution >= 0.6 is 0 Å². The molecule has 1 saturated heterocycles. The van der Waals surface area contributed by atoms with Gasteiger partial charge in [-0.15, -0.1) is 0 Å². The Morgan fingerprint density at radius 1 is 1.44 bits per heavy atom. The molecule has 4 nitrogen and oxygen atoms in total. The number of hydrogen-bond acceptors (Lipinski definition) is 2. The Labute approximate surface area is 108 Å². The van der Waals surface area contributed by atoms with Crippen molar-refractivity contribution in [3.63, 3.8) is 0 Å². The van der Waals surface area contributed by atoms with Crippen molar-refractivity contribution in [3.05, 3.63) is 35.4 Å². The number of hydrogen-bond donors (Lipinski definition) is 2. The highest BCUT2D eigenvalue weighted by molar-refractivity contribution is 5.72. The number of nitrogens with zero attached hydrogens (tertiary/aromatic N) is 1. The standard InChI is InChI=1S/C14H21N3O/c1-11-3-2-4-12(9-11)10-16-13-5-7-17(8-6-13)14(15)18/h2-4,9,13,16H,5-8,10H2,1H3,(H2,15,18). The first-order chi connectivity index (χ1) is 8.65. The maximum absolute atomic E-state index is 11.0. The number of aryl methyl sites for hydroxylation is 1. The highest BCUT2D eigenvalue weighted by Gasteiger charge is 2.20. The van der Waals surface area contributed by atoms with E-state index in [4.69, 9.17) is 5.73 Å². The van der Waals surface area contributed by atoms with Gasteiger partial charge in [-0.05, 0) is 25.3 Å². The molecule has 2 rings (SSSR count). The van der Waals surface area contributed by atoms with Crippen LogP contribution in [0.2, 0.25) is 0 Å². The second-order valence-corrected chi connectivity index (χ2v) is 4.97. The summed E-state index contributed by atoms with van der Waals surface area (Å²) in [4.78, 5) is 12.7. The molecule has 0 spiro atoms. The molecule has 0 radical (unpaired) electrons. The topological polar surface area (TPSA) is 58.4 Å². The summed E-state index contributed by atoms with van der Waals surface area (Å²) in [5.74, 6) is 0.